The van der Waals surface area contributed by atoms with Gasteiger partial charge in [-0.05, 0) is 32.5 Å². The summed E-state index contributed by atoms with van der Waals surface area (Å²) >= 11 is 0. The van der Waals surface area contributed by atoms with Crippen molar-refractivity contribution in [3.63, 3.8) is 0 Å². The summed E-state index contributed by atoms with van der Waals surface area (Å²) < 4.78 is 5.04. The lowest BCUT2D eigenvalue weighted by atomic mass is 10.3. The molecule has 0 saturated carbocycles. The maximum atomic E-state index is 5.04. The zero-order chi connectivity index (χ0) is 12.5. The van der Waals surface area contributed by atoms with Gasteiger partial charge in [-0.15, -0.1) is 0 Å². The molecule has 0 amide bonds. The Hall–Kier alpha value is -1.13. The largest absolute Gasteiger partial charge is 0.385 e. The van der Waals surface area contributed by atoms with Crippen LogP contribution in [0.3, 0.4) is 0 Å². The van der Waals surface area contributed by atoms with Crippen molar-refractivity contribution >= 4 is 5.82 Å². The van der Waals surface area contributed by atoms with E-state index in [0.29, 0.717) is 0 Å². The molecule has 0 spiro atoms. The van der Waals surface area contributed by atoms with Gasteiger partial charge in [0.1, 0.15) is 5.82 Å². The first kappa shape index (κ1) is 13.9. The van der Waals surface area contributed by atoms with Crippen molar-refractivity contribution in [1.82, 2.24) is 9.88 Å². The van der Waals surface area contributed by atoms with Gasteiger partial charge in [0, 0.05) is 33.4 Å². The van der Waals surface area contributed by atoms with E-state index in [1.807, 2.05) is 12.1 Å². The van der Waals surface area contributed by atoms with Crippen molar-refractivity contribution in [3.8, 4) is 0 Å². The molecule has 1 aromatic heterocycles. The maximum Gasteiger partial charge on any atom is 0.126 e. The fourth-order valence-electron chi connectivity index (χ4n) is 1.68. The summed E-state index contributed by atoms with van der Waals surface area (Å²) in [6.07, 6.45) is 1.06. The predicted molar refractivity (Wildman–Crippen MR) is 71.2 cm³/mol. The number of pyridine rings is 1. The molecule has 4 nitrogen and oxygen atoms in total. The maximum absolute atomic E-state index is 5.04. The smallest absolute Gasteiger partial charge is 0.126 e. The summed E-state index contributed by atoms with van der Waals surface area (Å²) in [6, 6.07) is 6.11. The lowest BCUT2D eigenvalue weighted by Crippen LogP contribution is -2.21. The van der Waals surface area contributed by atoms with Crippen LogP contribution in [0.4, 0.5) is 5.82 Å². The summed E-state index contributed by atoms with van der Waals surface area (Å²) in [4.78, 5) is 6.81. The van der Waals surface area contributed by atoms with E-state index in [2.05, 4.69) is 35.2 Å². The number of rotatable bonds is 8. The summed E-state index contributed by atoms with van der Waals surface area (Å²) in [6.45, 7) is 5.70. The van der Waals surface area contributed by atoms with Crippen LogP contribution in [0.15, 0.2) is 18.2 Å². The molecule has 1 rings (SSSR count). The van der Waals surface area contributed by atoms with Gasteiger partial charge in [0.25, 0.3) is 0 Å². The third-order valence-electron chi connectivity index (χ3n) is 2.48. The molecule has 0 aromatic carbocycles. The van der Waals surface area contributed by atoms with Crippen LogP contribution >= 0.6 is 0 Å². The van der Waals surface area contributed by atoms with E-state index in [0.717, 1.165) is 44.2 Å². The van der Waals surface area contributed by atoms with Crippen molar-refractivity contribution in [2.24, 2.45) is 0 Å². The number of nitrogens with zero attached hydrogens (tertiary/aromatic N) is 2. The van der Waals surface area contributed by atoms with Gasteiger partial charge in [0.2, 0.25) is 0 Å². The Balaban J connectivity index is 2.41. The number of aromatic nitrogens is 1. The second-order valence-corrected chi connectivity index (χ2v) is 4.13. The van der Waals surface area contributed by atoms with E-state index in [-0.39, 0.29) is 0 Å². The standard InChI is InChI=1S/C13H23N3O/c1-4-14-13-8-5-7-12(15-13)11-16(2)9-6-10-17-3/h5,7-8H,4,6,9-11H2,1-3H3,(H,14,15). The Kier molecular flexibility index (Phi) is 6.58. The molecule has 0 bridgehead atoms. The molecule has 17 heavy (non-hydrogen) atoms. The Bertz CT molecular complexity index is 317. The lowest BCUT2D eigenvalue weighted by Gasteiger charge is -2.16. The number of ether oxygens (including phenoxy) is 1. The Morgan fingerprint density at radius 2 is 2.24 bits per heavy atom. The highest BCUT2D eigenvalue weighted by atomic mass is 16.5. The van der Waals surface area contributed by atoms with Crippen molar-refractivity contribution < 1.29 is 4.74 Å². The van der Waals surface area contributed by atoms with E-state index in [9.17, 15) is 0 Å². The summed E-state index contributed by atoms with van der Waals surface area (Å²) in [5.74, 6) is 0.954. The second kappa shape index (κ2) is 8.03. The average Bonchev–Trinajstić information content (AvgIpc) is 2.30. The van der Waals surface area contributed by atoms with Gasteiger partial charge in [0.05, 0.1) is 5.69 Å². The van der Waals surface area contributed by atoms with Gasteiger partial charge in [0.15, 0.2) is 0 Å². The van der Waals surface area contributed by atoms with Gasteiger partial charge in [-0.1, -0.05) is 6.07 Å². The van der Waals surface area contributed by atoms with Crippen LogP contribution in [0.25, 0.3) is 0 Å². The van der Waals surface area contributed by atoms with E-state index >= 15 is 0 Å². The summed E-state index contributed by atoms with van der Waals surface area (Å²) in [5, 5.41) is 3.22. The summed E-state index contributed by atoms with van der Waals surface area (Å²) in [5.41, 5.74) is 1.10. The molecule has 0 unspecified atom stereocenters. The van der Waals surface area contributed by atoms with E-state index in [1.54, 1.807) is 7.11 Å². The van der Waals surface area contributed by atoms with Gasteiger partial charge < -0.3 is 15.0 Å². The SMILES string of the molecule is CCNc1cccc(CN(C)CCCOC)n1. The van der Waals surface area contributed by atoms with Crippen LogP contribution in [0.5, 0.6) is 0 Å². The van der Waals surface area contributed by atoms with Crippen molar-refractivity contribution in [3.05, 3.63) is 23.9 Å². The van der Waals surface area contributed by atoms with Crippen molar-refractivity contribution in [2.75, 3.05) is 39.2 Å². The van der Waals surface area contributed by atoms with E-state index < -0.39 is 0 Å². The van der Waals surface area contributed by atoms with Crippen LogP contribution in [0.2, 0.25) is 0 Å². The van der Waals surface area contributed by atoms with Crippen LogP contribution in [-0.2, 0) is 11.3 Å². The van der Waals surface area contributed by atoms with Crippen LogP contribution < -0.4 is 5.32 Å². The molecular formula is C13H23N3O. The highest BCUT2D eigenvalue weighted by Gasteiger charge is 2.02. The van der Waals surface area contributed by atoms with Crippen LogP contribution in [0, 0.1) is 0 Å². The predicted octanol–water partition coefficient (Wildman–Crippen LogP) is 1.98. The molecule has 0 aliphatic heterocycles. The van der Waals surface area contributed by atoms with Crippen molar-refractivity contribution in [1.29, 1.82) is 0 Å². The molecule has 0 aliphatic carbocycles. The van der Waals surface area contributed by atoms with E-state index in [4.69, 9.17) is 4.74 Å². The number of nitrogens with one attached hydrogen (secondary N) is 1. The first-order valence-electron chi connectivity index (χ1n) is 6.13. The Morgan fingerprint density at radius 1 is 1.41 bits per heavy atom. The highest BCUT2D eigenvalue weighted by molar-refractivity contribution is 5.34. The van der Waals surface area contributed by atoms with E-state index in [1.165, 1.54) is 0 Å². The molecule has 1 heterocycles. The topological polar surface area (TPSA) is 37.4 Å². The number of methoxy groups -OCH3 is 1. The molecule has 0 atom stereocenters. The molecule has 1 N–H and O–H groups in total. The van der Waals surface area contributed by atoms with Crippen LogP contribution in [0.1, 0.15) is 19.0 Å². The molecule has 0 saturated heterocycles. The number of hydrogen-bond donors (Lipinski definition) is 1. The molecule has 1 aromatic rings. The first-order valence-corrected chi connectivity index (χ1v) is 6.13. The molecule has 0 aliphatic rings. The third-order valence-corrected chi connectivity index (χ3v) is 2.48. The second-order valence-electron chi connectivity index (χ2n) is 4.13. The lowest BCUT2D eigenvalue weighted by molar-refractivity contribution is 0.178. The number of anilines is 1. The zero-order valence-electron chi connectivity index (χ0n) is 11.1. The fourth-order valence-corrected chi connectivity index (χ4v) is 1.68. The molecule has 4 heteroatoms. The molecule has 0 fully saturated rings. The minimum absolute atomic E-state index is 0.815. The fraction of sp³-hybridized carbons (Fsp3) is 0.615. The summed E-state index contributed by atoms with van der Waals surface area (Å²) in [7, 11) is 3.85. The van der Waals surface area contributed by atoms with Gasteiger partial charge >= 0.3 is 0 Å². The Labute approximate surface area is 104 Å². The Morgan fingerprint density at radius 3 is 2.94 bits per heavy atom. The number of hydrogen-bond acceptors (Lipinski definition) is 4. The minimum atomic E-state index is 0.815. The first-order chi connectivity index (χ1) is 8.26. The normalized spacial score (nSPS) is 10.8. The van der Waals surface area contributed by atoms with Crippen molar-refractivity contribution in [2.45, 2.75) is 19.9 Å². The van der Waals surface area contributed by atoms with Gasteiger partial charge in [-0.2, -0.15) is 0 Å². The highest BCUT2D eigenvalue weighted by Crippen LogP contribution is 2.06. The molecular weight excluding hydrogens is 214 g/mol. The average molecular weight is 237 g/mol. The van der Waals surface area contributed by atoms with Crippen LogP contribution in [-0.4, -0.2) is 43.7 Å². The monoisotopic (exact) mass is 237 g/mol. The molecule has 0 radical (unpaired) electrons. The zero-order valence-corrected chi connectivity index (χ0v) is 11.1. The van der Waals surface area contributed by atoms with Gasteiger partial charge in [-0.3, -0.25) is 0 Å². The quantitative estimate of drug-likeness (QED) is 0.702. The van der Waals surface area contributed by atoms with Gasteiger partial charge in [-0.25, -0.2) is 4.98 Å². The molecule has 96 valence electrons. The third kappa shape index (κ3) is 5.65. The minimum Gasteiger partial charge on any atom is -0.385 e.